The molecule has 4 aromatic rings. The minimum Gasteiger partial charge on any atom is -0.508 e. The van der Waals surface area contributed by atoms with Crippen LogP contribution in [0.2, 0.25) is 10.0 Å². The van der Waals surface area contributed by atoms with Gasteiger partial charge in [0, 0.05) is 22.2 Å². The normalized spacial score (nSPS) is 10.5. The molecule has 242 valence electrons. The fourth-order valence-corrected chi connectivity index (χ4v) is 3.70. The second kappa shape index (κ2) is 16.2. The number of alkyl carbamates (subject to hydrolysis) is 1. The lowest BCUT2D eigenvalue weighted by molar-refractivity contribution is -0.385. The van der Waals surface area contributed by atoms with Gasteiger partial charge in [0.15, 0.2) is 0 Å². The monoisotopic (exact) mass is 673 g/mol. The lowest BCUT2D eigenvalue weighted by Gasteiger charge is -2.19. The fourth-order valence-electron chi connectivity index (χ4n) is 3.45. The van der Waals surface area contributed by atoms with Gasteiger partial charge in [0.1, 0.15) is 46.7 Å². The summed E-state index contributed by atoms with van der Waals surface area (Å²) in [4.78, 5) is 32.2. The number of carbonyl (C=O) groups is 1. The molecule has 1 amide bonds. The Balaban J connectivity index is 0.000000275. The van der Waals surface area contributed by atoms with Gasteiger partial charge in [-0.3, -0.25) is 20.2 Å². The van der Waals surface area contributed by atoms with E-state index in [-0.39, 0.29) is 47.5 Å². The quantitative estimate of drug-likeness (QED) is 0.0941. The molecule has 0 unspecified atom stereocenters. The molecule has 4 aromatic carbocycles. The molecule has 0 aromatic heterocycles. The molecule has 0 saturated carbocycles. The average Bonchev–Trinajstić information content (AvgIpc) is 2.97. The molecule has 46 heavy (non-hydrogen) atoms. The standard InChI is InChI=1S/C19H21ClN2O6.C12H8ClNO4/c1-19(2,3)28-18(23)21-8-9-26-16-10-14(22(24)25)11-17(12-16)27-15-6-4-13(20)5-7-15;13-8-1-3-11(4-2-8)18-12-6-9(14(16)17)5-10(15)7-12/h4-7,10-12H,8-9H2,1-3H3,(H,21,23);1-7,15H. The summed E-state index contributed by atoms with van der Waals surface area (Å²) in [6.07, 6.45) is -0.568. The summed E-state index contributed by atoms with van der Waals surface area (Å²) in [7, 11) is 0. The number of nitrogens with one attached hydrogen (secondary N) is 1. The van der Waals surface area contributed by atoms with Crippen LogP contribution in [-0.2, 0) is 4.74 Å². The van der Waals surface area contributed by atoms with Gasteiger partial charge in [-0.1, -0.05) is 23.2 Å². The van der Waals surface area contributed by atoms with Crippen molar-refractivity contribution in [3.8, 4) is 34.5 Å². The first-order chi connectivity index (χ1) is 21.7. The van der Waals surface area contributed by atoms with Gasteiger partial charge in [0.2, 0.25) is 0 Å². The SMILES string of the molecule is CC(C)(C)OC(=O)NCCOc1cc(Oc2ccc(Cl)cc2)cc([N+](=O)[O-])c1.O=[N+]([O-])c1cc(O)cc(Oc2ccc(Cl)cc2)c1. The Kier molecular flexibility index (Phi) is 12.4. The van der Waals surface area contributed by atoms with Crippen LogP contribution in [-0.4, -0.2) is 39.8 Å². The predicted molar refractivity (Wildman–Crippen MR) is 171 cm³/mol. The number of nitro benzene ring substituents is 2. The van der Waals surface area contributed by atoms with E-state index in [1.165, 1.54) is 30.3 Å². The number of hydrogen-bond acceptors (Lipinski definition) is 10. The summed E-state index contributed by atoms with van der Waals surface area (Å²) in [6.45, 7) is 5.54. The van der Waals surface area contributed by atoms with Gasteiger partial charge in [0.25, 0.3) is 11.4 Å². The second-order valence-electron chi connectivity index (χ2n) is 10.3. The number of hydrogen-bond donors (Lipinski definition) is 2. The second-order valence-corrected chi connectivity index (χ2v) is 11.1. The lowest BCUT2D eigenvalue weighted by Crippen LogP contribution is -2.34. The number of nitrogens with zero attached hydrogens (tertiary/aromatic N) is 2. The number of halogens is 2. The Morgan fingerprint density at radius 2 is 1.20 bits per heavy atom. The lowest BCUT2D eigenvalue weighted by atomic mass is 10.2. The van der Waals surface area contributed by atoms with Crippen LogP contribution in [0.15, 0.2) is 84.9 Å². The largest absolute Gasteiger partial charge is 0.508 e. The number of rotatable bonds is 10. The Hall–Kier alpha value is -5.27. The highest BCUT2D eigenvalue weighted by Crippen LogP contribution is 2.32. The van der Waals surface area contributed by atoms with Crippen LogP contribution >= 0.6 is 23.2 Å². The number of carbonyl (C=O) groups excluding carboxylic acids is 1. The van der Waals surface area contributed by atoms with E-state index in [0.29, 0.717) is 21.5 Å². The van der Waals surface area contributed by atoms with Crippen molar-refractivity contribution in [3.05, 3.63) is 115 Å². The van der Waals surface area contributed by atoms with Crippen molar-refractivity contribution in [3.63, 3.8) is 0 Å². The first kappa shape index (κ1) is 35.2. The highest BCUT2D eigenvalue weighted by atomic mass is 35.5. The Bertz CT molecular complexity index is 1660. The molecule has 0 bridgehead atoms. The van der Waals surface area contributed by atoms with Crippen molar-refractivity contribution >= 4 is 40.7 Å². The van der Waals surface area contributed by atoms with E-state index in [4.69, 9.17) is 42.1 Å². The van der Waals surface area contributed by atoms with Crippen molar-refractivity contribution in [2.75, 3.05) is 13.2 Å². The minimum absolute atomic E-state index is 0.0980. The van der Waals surface area contributed by atoms with Gasteiger partial charge in [-0.05, 0) is 69.3 Å². The van der Waals surface area contributed by atoms with E-state index in [0.717, 1.165) is 6.07 Å². The number of ether oxygens (including phenoxy) is 4. The third-order valence-electron chi connectivity index (χ3n) is 5.30. The highest BCUT2D eigenvalue weighted by Gasteiger charge is 2.16. The summed E-state index contributed by atoms with van der Waals surface area (Å²) >= 11 is 11.6. The van der Waals surface area contributed by atoms with Crippen LogP contribution in [0, 0.1) is 20.2 Å². The van der Waals surface area contributed by atoms with Crippen molar-refractivity contribution in [1.82, 2.24) is 5.32 Å². The maximum absolute atomic E-state index is 11.6. The van der Waals surface area contributed by atoms with E-state index < -0.39 is 21.5 Å². The molecule has 2 N–H and O–H groups in total. The first-order valence-corrected chi connectivity index (χ1v) is 14.2. The minimum atomic E-state index is -0.603. The van der Waals surface area contributed by atoms with Crippen LogP contribution < -0.4 is 19.5 Å². The van der Waals surface area contributed by atoms with Gasteiger partial charge < -0.3 is 29.4 Å². The molecule has 13 nitrogen and oxygen atoms in total. The number of phenols is 1. The molecule has 0 aliphatic carbocycles. The van der Waals surface area contributed by atoms with E-state index >= 15 is 0 Å². The highest BCUT2D eigenvalue weighted by molar-refractivity contribution is 6.30. The van der Waals surface area contributed by atoms with Crippen molar-refractivity contribution in [1.29, 1.82) is 0 Å². The zero-order valence-electron chi connectivity index (χ0n) is 24.8. The van der Waals surface area contributed by atoms with E-state index in [2.05, 4.69) is 5.32 Å². The van der Waals surface area contributed by atoms with Crippen LogP contribution in [0.25, 0.3) is 0 Å². The molecule has 15 heteroatoms. The Morgan fingerprint density at radius 1 is 0.739 bits per heavy atom. The molecule has 4 rings (SSSR count). The number of aromatic hydroxyl groups is 1. The third-order valence-corrected chi connectivity index (χ3v) is 5.80. The zero-order valence-corrected chi connectivity index (χ0v) is 26.3. The number of amides is 1. The summed E-state index contributed by atoms with van der Waals surface area (Å²) < 4.78 is 21.6. The Morgan fingerprint density at radius 3 is 1.67 bits per heavy atom. The summed E-state index contributed by atoms with van der Waals surface area (Å²) in [5.41, 5.74) is -1.01. The maximum atomic E-state index is 11.6. The number of benzene rings is 4. The average molecular weight is 674 g/mol. The Labute approximate surface area is 273 Å². The molecule has 0 atom stereocenters. The third kappa shape index (κ3) is 12.4. The maximum Gasteiger partial charge on any atom is 0.407 e. The number of phenolic OH excluding ortho intramolecular Hbond substituents is 1. The number of nitro groups is 2. The molecule has 0 aliphatic heterocycles. The summed E-state index contributed by atoms with van der Waals surface area (Å²) in [5, 5.41) is 34.8. The summed E-state index contributed by atoms with van der Waals surface area (Å²) in [6, 6.07) is 20.8. The molecule has 0 aliphatic rings. The molecular formula is C31H29Cl2N3O10. The van der Waals surface area contributed by atoms with Gasteiger partial charge in [-0.25, -0.2) is 4.79 Å². The number of non-ortho nitro benzene ring substituents is 2. The first-order valence-electron chi connectivity index (χ1n) is 13.4. The molecule has 0 radical (unpaired) electrons. The van der Waals surface area contributed by atoms with E-state index in [1.54, 1.807) is 69.3 Å². The van der Waals surface area contributed by atoms with Gasteiger partial charge >= 0.3 is 6.09 Å². The van der Waals surface area contributed by atoms with Gasteiger partial charge in [0.05, 0.1) is 40.7 Å². The molecule has 0 saturated heterocycles. The van der Waals surface area contributed by atoms with Crippen molar-refractivity contribution in [2.24, 2.45) is 0 Å². The van der Waals surface area contributed by atoms with E-state index in [1.807, 2.05) is 0 Å². The fraction of sp³-hybridized carbons (Fsp3) is 0.194. The van der Waals surface area contributed by atoms with E-state index in [9.17, 15) is 30.1 Å². The van der Waals surface area contributed by atoms with Gasteiger partial charge in [-0.15, -0.1) is 0 Å². The van der Waals surface area contributed by atoms with Crippen LogP contribution in [0.4, 0.5) is 16.2 Å². The summed E-state index contributed by atoms with van der Waals surface area (Å²) in [5.74, 6) is 1.38. The van der Waals surface area contributed by atoms with Crippen molar-refractivity contribution in [2.45, 2.75) is 26.4 Å². The van der Waals surface area contributed by atoms with Gasteiger partial charge in [-0.2, -0.15) is 0 Å². The van der Waals surface area contributed by atoms with Crippen molar-refractivity contribution < 1.29 is 38.7 Å². The van der Waals surface area contributed by atoms with Crippen LogP contribution in [0.1, 0.15) is 20.8 Å². The molecular weight excluding hydrogens is 645 g/mol. The van der Waals surface area contributed by atoms with Crippen LogP contribution in [0.5, 0.6) is 34.5 Å². The predicted octanol–water partition coefficient (Wildman–Crippen LogP) is 8.69. The molecule has 0 heterocycles. The smallest absolute Gasteiger partial charge is 0.407 e. The van der Waals surface area contributed by atoms with Crippen LogP contribution in [0.3, 0.4) is 0 Å². The molecule has 0 spiro atoms. The zero-order chi connectivity index (χ0) is 33.9. The topological polar surface area (TPSA) is 173 Å². The molecule has 0 fully saturated rings.